The summed E-state index contributed by atoms with van der Waals surface area (Å²) in [5, 5.41) is 2.67. The van der Waals surface area contributed by atoms with Gasteiger partial charge in [0.1, 0.15) is 10.7 Å². The largest absolute Gasteiger partial charge is 0.345 e. The number of hydrogen-bond acceptors (Lipinski definition) is 4. The molecule has 5 nitrogen and oxygen atoms in total. The maximum absolute atomic E-state index is 12.3. The zero-order valence-electron chi connectivity index (χ0n) is 10.1. The number of aromatic amines is 1. The van der Waals surface area contributed by atoms with E-state index in [-0.39, 0.29) is 5.56 Å². The molecule has 3 heterocycles. The molecule has 1 N–H and O–H groups in total. The molecule has 0 atom stereocenters. The third-order valence-corrected chi connectivity index (χ3v) is 3.82. The Bertz CT molecular complexity index is 768. The van der Waals surface area contributed by atoms with Gasteiger partial charge in [0.15, 0.2) is 0 Å². The molecule has 0 fully saturated rings. The second-order valence-corrected chi connectivity index (χ2v) is 5.15. The average Bonchev–Trinajstić information content (AvgIpc) is 2.90. The summed E-state index contributed by atoms with van der Waals surface area (Å²) in [4.78, 5) is 24.7. The fourth-order valence-electron chi connectivity index (χ4n) is 1.93. The molecule has 0 saturated heterocycles. The van der Waals surface area contributed by atoms with Gasteiger partial charge in [-0.05, 0) is 24.8 Å². The number of fused-ring (bicyclic) bond motifs is 1. The lowest BCUT2D eigenvalue weighted by Gasteiger charge is -2.02. The molecule has 3 aromatic rings. The molecule has 0 saturated carbocycles. The molecule has 0 aliphatic heterocycles. The summed E-state index contributed by atoms with van der Waals surface area (Å²) in [6, 6.07) is 0. The van der Waals surface area contributed by atoms with E-state index in [4.69, 9.17) is 0 Å². The molecule has 18 heavy (non-hydrogen) atoms. The van der Waals surface area contributed by atoms with Crippen LogP contribution in [0.2, 0.25) is 0 Å². The number of aryl methyl sites for hydroxylation is 2. The average molecular weight is 260 g/mol. The molecule has 92 valence electrons. The van der Waals surface area contributed by atoms with Crippen LogP contribution in [0.15, 0.2) is 22.7 Å². The minimum atomic E-state index is -0.00666. The van der Waals surface area contributed by atoms with E-state index in [1.165, 1.54) is 11.3 Å². The molecule has 0 aromatic carbocycles. The quantitative estimate of drug-likeness (QED) is 0.764. The number of rotatable bonds is 2. The van der Waals surface area contributed by atoms with Crippen molar-refractivity contribution >= 4 is 21.6 Å². The van der Waals surface area contributed by atoms with Gasteiger partial charge in [0.2, 0.25) is 0 Å². The Labute approximate surface area is 107 Å². The van der Waals surface area contributed by atoms with Crippen molar-refractivity contribution in [1.29, 1.82) is 0 Å². The van der Waals surface area contributed by atoms with Crippen molar-refractivity contribution in [2.75, 3.05) is 0 Å². The smallest absolute Gasteiger partial charge is 0.262 e. The van der Waals surface area contributed by atoms with Crippen molar-refractivity contribution in [3.8, 4) is 0 Å². The van der Waals surface area contributed by atoms with E-state index in [0.717, 1.165) is 21.9 Å². The highest BCUT2D eigenvalue weighted by Crippen LogP contribution is 2.19. The summed E-state index contributed by atoms with van der Waals surface area (Å²) in [6.07, 6.45) is 3.33. The third kappa shape index (κ3) is 1.74. The molecule has 3 aromatic heterocycles. The molecule has 0 aliphatic carbocycles. The first-order valence-corrected chi connectivity index (χ1v) is 6.47. The summed E-state index contributed by atoms with van der Waals surface area (Å²) in [5.41, 5.74) is 1.96. The molecule has 3 rings (SSSR count). The van der Waals surface area contributed by atoms with Crippen LogP contribution < -0.4 is 5.56 Å². The molecule has 0 radical (unpaired) electrons. The van der Waals surface area contributed by atoms with Crippen molar-refractivity contribution in [2.45, 2.75) is 20.4 Å². The van der Waals surface area contributed by atoms with Crippen LogP contribution in [-0.4, -0.2) is 19.5 Å². The summed E-state index contributed by atoms with van der Waals surface area (Å²) in [7, 11) is 0. The lowest BCUT2D eigenvalue weighted by Crippen LogP contribution is -2.21. The van der Waals surface area contributed by atoms with E-state index >= 15 is 0 Å². The van der Waals surface area contributed by atoms with Crippen molar-refractivity contribution in [1.82, 2.24) is 19.5 Å². The molecule has 0 bridgehead atoms. The Balaban J connectivity index is 2.10. The second kappa shape index (κ2) is 4.06. The molecule has 0 spiro atoms. The first-order valence-electron chi connectivity index (χ1n) is 5.59. The lowest BCUT2D eigenvalue weighted by molar-refractivity contribution is 0.715. The summed E-state index contributed by atoms with van der Waals surface area (Å²) >= 11 is 1.50. The Morgan fingerprint density at radius 3 is 2.94 bits per heavy atom. The van der Waals surface area contributed by atoms with Gasteiger partial charge in [0.05, 0.1) is 18.3 Å². The van der Waals surface area contributed by atoms with Crippen LogP contribution in [0.25, 0.3) is 10.2 Å². The van der Waals surface area contributed by atoms with Crippen molar-refractivity contribution in [3.63, 3.8) is 0 Å². The summed E-state index contributed by atoms with van der Waals surface area (Å²) in [5.74, 6) is 0.767. The second-order valence-electron chi connectivity index (χ2n) is 4.29. The van der Waals surface area contributed by atoms with E-state index in [0.29, 0.717) is 11.9 Å². The summed E-state index contributed by atoms with van der Waals surface area (Å²) in [6.45, 7) is 4.29. The summed E-state index contributed by atoms with van der Waals surface area (Å²) < 4.78 is 1.58. The molecular weight excluding hydrogens is 248 g/mol. The van der Waals surface area contributed by atoms with Gasteiger partial charge in [-0.3, -0.25) is 9.36 Å². The van der Waals surface area contributed by atoms with Gasteiger partial charge in [-0.1, -0.05) is 0 Å². The molecule has 0 unspecified atom stereocenters. The van der Waals surface area contributed by atoms with E-state index < -0.39 is 0 Å². The Morgan fingerprint density at radius 1 is 1.39 bits per heavy atom. The SMILES string of the molecule is Cc1cnc(Cn2cnc3scc(C)c3c2=O)[nH]1. The predicted octanol–water partition coefficient (Wildman–Crippen LogP) is 1.85. The topological polar surface area (TPSA) is 63.6 Å². The van der Waals surface area contributed by atoms with Crippen LogP contribution in [0.3, 0.4) is 0 Å². The molecular formula is C12H12N4OS. The van der Waals surface area contributed by atoms with Gasteiger partial charge in [0, 0.05) is 11.9 Å². The van der Waals surface area contributed by atoms with Gasteiger partial charge in [-0.15, -0.1) is 11.3 Å². The standard InChI is InChI=1S/C12H12N4OS/c1-7-5-18-11-10(7)12(17)16(6-14-11)4-9-13-3-8(2)15-9/h3,5-6H,4H2,1-2H3,(H,13,15). The number of nitrogens with zero attached hydrogens (tertiary/aromatic N) is 3. The lowest BCUT2D eigenvalue weighted by atomic mass is 10.3. The number of nitrogens with one attached hydrogen (secondary N) is 1. The minimum Gasteiger partial charge on any atom is -0.345 e. The minimum absolute atomic E-state index is 0.00666. The van der Waals surface area contributed by atoms with E-state index in [9.17, 15) is 4.79 Å². The monoisotopic (exact) mass is 260 g/mol. The number of hydrogen-bond donors (Lipinski definition) is 1. The highest BCUT2D eigenvalue weighted by molar-refractivity contribution is 7.16. The third-order valence-electron chi connectivity index (χ3n) is 2.82. The van der Waals surface area contributed by atoms with Crippen LogP contribution in [0.4, 0.5) is 0 Å². The van der Waals surface area contributed by atoms with Gasteiger partial charge >= 0.3 is 0 Å². The normalized spacial score (nSPS) is 11.2. The highest BCUT2D eigenvalue weighted by atomic mass is 32.1. The van der Waals surface area contributed by atoms with Crippen LogP contribution in [0, 0.1) is 13.8 Å². The Kier molecular flexibility index (Phi) is 2.52. The fraction of sp³-hybridized carbons (Fsp3) is 0.250. The maximum Gasteiger partial charge on any atom is 0.262 e. The fourth-order valence-corrected chi connectivity index (χ4v) is 2.81. The van der Waals surface area contributed by atoms with Gasteiger partial charge in [-0.25, -0.2) is 9.97 Å². The van der Waals surface area contributed by atoms with E-state index in [1.807, 2.05) is 19.2 Å². The first kappa shape index (κ1) is 11.2. The van der Waals surface area contributed by atoms with Crippen LogP contribution in [0.5, 0.6) is 0 Å². The predicted molar refractivity (Wildman–Crippen MR) is 71.0 cm³/mol. The number of aromatic nitrogens is 4. The number of thiophene rings is 1. The van der Waals surface area contributed by atoms with Gasteiger partial charge in [0.25, 0.3) is 5.56 Å². The van der Waals surface area contributed by atoms with Crippen LogP contribution in [0.1, 0.15) is 17.1 Å². The maximum atomic E-state index is 12.3. The van der Waals surface area contributed by atoms with Crippen LogP contribution >= 0.6 is 11.3 Å². The first-order chi connectivity index (χ1) is 8.65. The highest BCUT2D eigenvalue weighted by Gasteiger charge is 2.09. The Morgan fingerprint density at radius 2 is 2.22 bits per heavy atom. The number of H-pyrrole nitrogens is 1. The Hall–Kier alpha value is -1.95. The van der Waals surface area contributed by atoms with Crippen LogP contribution in [-0.2, 0) is 6.54 Å². The van der Waals surface area contributed by atoms with Crippen molar-refractivity contribution in [3.05, 3.63) is 45.3 Å². The van der Waals surface area contributed by atoms with E-state index in [1.54, 1.807) is 17.1 Å². The zero-order chi connectivity index (χ0) is 12.7. The number of imidazole rings is 1. The van der Waals surface area contributed by atoms with Gasteiger partial charge in [-0.2, -0.15) is 0 Å². The molecule has 0 aliphatic rings. The van der Waals surface area contributed by atoms with Crippen molar-refractivity contribution in [2.24, 2.45) is 0 Å². The van der Waals surface area contributed by atoms with Gasteiger partial charge < -0.3 is 4.98 Å². The zero-order valence-corrected chi connectivity index (χ0v) is 10.9. The van der Waals surface area contributed by atoms with E-state index in [2.05, 4.69) is 15.0 Å². The van der Waals surface area contributed by atoms with Crippen molar-refractivity contribution < 1.29 is 0 Å². The molecule has 6 heteroatoms. The molecule has 0 amide bonds.